The summed E-state index contributed by atoms with van der Waals surface area (Å²) in [5, 5.41) is 6.92. The predicted molar refractivity (Wildman–Crippen MR) is 99.8 cm³/mol. The molecule has 0 aromatic carbocycles. The zero-order chi connectivity index (χ0) is 19.4. The minimum Gasteiger partial charge on any atom is -0.353 e. The molecule has 0 bridgehead atoms. The molecule has 8 heteroatoms. The first-order valence-electron chi connectivity index (χ1n) is 10.1. The maximum Gasteiger partial charge on any atom is 0.237 e. The van der Waals surface area contributed by atoms with E-state index in [-0.39, 0.29) is 18.2 Å². The summed E-state index contributed by atoms with van der Waals surface area (Å²) in [5.74, 6) is 1.95. The van der Waals surface area contributed by atoms with Gasteiger partial charge < -0.3 is 14.7 Å². The van der Waals surface area contributed by atoms with Crippen LogP contribution in [0.3, 0.4) is 0 Å². The van der Waals surface area contributed by atoms with Crippen LogP contribution in [0.4, 0.5) is 0 Å². The van der Waals surface area contributed by atoms with Gasteiger partial charge in [-0.2, -0.15) is 4.98 Å². The molecular formula is C19H31N5O3. The highest BCUT2D eigenvalue weighted by molar-refractivity contribution is 5.88. The van der Waals surface area contributed by atoms with Gasteiger partial charge in [0.2, 0.25) is 17.7 Å². The maximum absolute atomic E-state index is 12.9. The average molecular weight is 377 g/mol. The molecule has 1 aliphatic heterocycles. The Bertz CT molecular complexity index is 656. The third-order valence-corrected chi connectivity index (χ3v) is 5.41. The molecule has 27 heavy (non-hydrogen) atoms. The van der Waals surface area contributed by atoms with E-state index in [0.717, 1.165) is 25.9 Å². The van der Waals surface area contributed by atoms with Crippen LogP contribution in [0.1, 0.15) is 64.1 Å². The van der Waals surface area contributed by atoms with Crippen molar-refractivity contribution in [3.63, 3.8) is 0 Å². The normalized spacial score (nSPS) is 21.2. The maximum atomic E-state index is 12.9. The molecule has 0 spiro atoms. The molecule has 1 aliphatic carbocycles. The summed E-state index contributed by atoms with van der Waals surface area (Å²) in [7, 11) is 0. The van der Waals surface area contributed by atoms with Gasteiger partial charge in [0, 0.05) is 32.1 Å². The average Bonchev–Trinajstić information content (AvgIpc) is 3.01. The molecule has 2 fully saturated rings. The molecule has 8 nitrogen and oxygen atoms in total. The van der Waals surface area contributed by atoms with Crippen molar-refractivity contribution in [1.29, 1.82) is 0 Å². The van der Waals surface area contributed by atoms with Crippen LogP contribution in [0.15, 0.2) is 4.52 Å². The van der Waals surface area contributed by atoms with Crippen LogP contribution in [0.2, 0.25) is 0 Å². The van der Waals surface area contributed by atoms with Gasteiger partial charge in [0.15, 0.2) is 5.82 Å². The second kappa shape index (κ2) is 8.82. The Hall–Kier alpha value is -1.96. The molecule has 0 radical (unpaired) electrons. The Balaban J connectivity index is 1.61. The fourth-order valence-electron chi connectivity index (χ4n) is 3.67. The molecule has 2 aliphatic rings. The van der Waals surface area contributed by atoms with Crippen LogP contribution >= 0.6 is 0 Å². The van der Waals surface area contributed by atoms with E-state index in [1.807, 2.05) is 6.92 Å². The Kier molecular flexibility index (Phi) is 6.46. The van der Waals surface area contributed by atoms with Crippen molar-refractivity contribution in [3.8, 4) is 0 Å². The van der Waals surface area contributed by atoms with Gasteiger partial charge in [-0.1, -0.05) is 25.4 Å². The Labute approximate surface area is 160 Å². The lowest BCUT2D eigenvalue weighted by Gasteiger charge is -2.36. The number of carbonyl (C=O) groups excluding carboxylic acids is 2. The first-order chi connectivity index (χ1) is 13.0. The minimum absolute atomic E-state index is 0.0525. The highest BCUT2D eigenvalue weighted by Crippen LogP contribution is 2.35. The van der Waals surface area contributed by atoms with E-state index < -0.39 is 6.04 Å². The summed E-state index contributed by atoms with van der Waals surface area (Å²) in [6.07, 6.45) is 3.58. The van der Waals surface area contributed by atoms with Gasteiger partial charge in [-0.05, 0) is 25.7 Å². The molecular weight excluding hydrogens is 346 g/mol. The van der Waals surface area contributed by atoms with Crippen molar-refractivity contribution in [2.75, 3.05) is 26.2 Å². The monoisotopic (exact) mass is 377 g/mol. The second-order valence-electron chi connectivity index (χ2n) is 7.98. The second-order valence-corrected chi connectivity index (χ2v) is 7.98. The summed E-state index contributed by atoms with van der Waals surface area (Å²) in [5.41, 5.74) is 0. The summed E-state index contributed by atoms with van der Waals surface area (Å²) in [6, 6.07) is -0.404. The summed E-state index contributed by atoms with van der Waals surface area (Å²) < 4.78 is 5.35. The Morgan fingerprint density at radius 3 is 2.81 bits per heavy atom. The van der Waals surface area contributed by atoms with Crippen molar-refractivity contribution >= 4 is 11.8 Å². The van der Waals surface area contributed by atoms with Gasteiger partial charge in [0.25, 0.3) is 0 Å². The predicted octanol–water partition coefficient (Wildman–Crippen LogP) is 1.53. The lowest BCUT2D eigenvalue weighted by Crippen LogP contribution is -2.57. The number of rotatable bonds is 8. The largest absolute Gasteiger partial charge is 0.353 e. The third-order valence-electron chi connectivity index (χ3n) is 5.41. The Morgan fingerprint density at radius 2 is 2.19 bits per heavy atom. The van der Waals surface area contributed by atoms with Gasteiger partial charge in [0.1, 0.15) is 0 Å². The first-order valence-corrected chi connectivity index (χ1v) is 10.1. The minimum atomic E-state index is -0.404. The number of piperazine rings is 1. The molecule has 0 unspecified atom stereocenters. The van der Waals surface area contributed by atoms with Crippen LogP contribution in [-0.4, -0.2) is 64.0 Å². The molecule has 3 rings (SSSR count). The number of hydrogen-bond acceptors (Lipinski definition) is 6. The molecule has 1 aromatic rings. The highest BCUT2D eigenvalue weighted by Gasteiger charge is 2.33. The van der Waals surface area contributed by atoms with Crippen molar-refractivity contribution < 1.29 is 14.1 Å². The summed E-state index contributed by atoms with van der Waals surface area (Å²) in [6.45, 7) is 9.28. The number of nitrogens with one attached hydrogen (secondary N) is 1. The van der Waals surface area contributed by atoms with E-state index in [1.165, 1.54) is 6.42 Å². The van der Waals surface area contributed by atoms with E-state index in [1.54, 1.807) is 4.90 Å². The van der Waals surface area contributed by atoms with Gasteiger partial charge in [-0.25, -0.2) is 0 Å². The molecule has 1 saturated heterocycles. The van der Waals surface area contributed by atoms with Crippen LogP contribution in [0.25, 0.3) is 0 Å². The van der Waals surface area contributed by atoms with Gasteiger partial charge in [0.05, 0.1) is 19.0 Å². The van der Waals surface area contributed by atoms with E-state index >= 15 is 0 Å². The van der Waals surface area contributed by atoms with Crippen molar-refractivity contribution in [1.82, 2.24) is 25.3 Å². The van der Waals surface area contributed by atoms with Gasteiger partial charge >= 0.3 is 0 Å². The van der Waals surface area contributed by atoms with E-state index in [9.17, 15) is 9.59 Å². The SMILES string of the molecule is CCN(Cc1noc(C2CCC2)n1)C(=O)C[C@H]1C(=O)NCCN1CC(C)C. The molecule has 2 amide bonds. The van der Waals surface area contributed by atoms with Crippen molar-refractivity contribution in [2.24, 2.45) is 5.92 Å². The lowest BCUT2D eigenvalue weighted by atomic mass is 9.85. The molecule has 1 aromatic heterocycles. The van der Waals surface area contributed by atoms with E-state index in [2.05, 4.69) is 34.2 Å². The summed E-state index contributed by atoms with van der Waals surface area (Å²) in [4.78, 5) is 33.5. The number of amides is 2. The smallest absolute Gasteiger partial charge is 0.237 e. The van der Waals surface area contributed by atoms with Gasteiger partial charge in [-0.3, -0.25) is 14.5 Å². The zero-order valence-electron chi connectivity index (χ0n) is 16.6. The Morgan fingerprint density at radius 1 is 1.41 bits per heavy atom. The number of aromatic nitrogens is 2. The standard InChI is InChI=1S/C19H31N5O3/c1-4-23(12-16-21-19(27-22-16)14-6-5-7-14)17(25)10-15-18(26)20-8-9-24(15)11-13(2)3/h13-15H,4-12H2,1-3H3,(H,20,26)/t15-/m0/s1. The van der Waals surface area contributed by atoms with Crippen LogP contribution in [0.5, 0.6) is 0 Å². The third kappa shape index (κ3) is 4.86. The van der Waals surface area contributed by atoms with Crippen molar-refractivity contribution in [3.05, 3.63) is 11.7 Å². The van der Waals surface area contributed by atoms with Crippen LogP contribution in [0, 0.1) is 5.92 Å². The molecule has 2 heterocycles. The molecule has 1 atom stereocenters. The molecule has 150 valence electrons. The quantitative estimate of drug-likeness (QED) is 0.739. The van der Waals surface area contributed by atoms with Crippen molar-refractivity contribution in [2.45, 2.75) is 65.0 Å². The molecule has 1 N–H and O–H groups in total. The fraction of sp³-hybridized carbons (Fsp3) is 0.789. The molecule has 1 saturated carbocycles. The number of nitrogens with zero attached hydrogens (tertiary/aromatic N) is 4. The van der Waals surface area contributed by atoms with Crippen LogP contribution < -0.4 is 5.32 Å². The van der Waals surface area contributed by atoms with Crippen LogP contribution in [-0.2, 0) is 16.1 Å². The lowest BCUT2D eigenvalue weighted by molar-refractivity contribution is -0.139. The highest BCUT2D eigenvalue weighted by atomic mass is 16.5. The van der Waals surface area contributed by atoms with Gasteiger partial charge in [-0.15, -0.1) is 0 Å². The number of hydrogen-bond donors (Lipinski definition) is 1. The first kappa shape index (κ1) is 19.8. The van der Waals surface area contributed by atoms with E-state index in [4.69, 9.17) is 4.52 Å². The summed E-state index contributed by atoms with van der Waals surface area (Å²) >= 11 is 0. The number of carbonyl (C=O) groups is 2. The van der Waals surface area contributed by atoms with E-state index in [0.29, 0.717) is 43.2 Å². The topological polar surface area (TPSA) is 91.6 Å². The fourth-order valence-corrected chi connectivity index (χ4v) is 3.67. The zero-order valence-corrected chi connectivity index (χ0v) is 16.6.